The molecular formula is C20H18Cl2N4O2. The number of hydrogen-bond acceptors (Lipinski definition) is 3. The number of nitrogens with one attached hydrogen (secondary N) is 1. The van der Waals surface area contributed by atoms with Crippen LogP contribution in [-0.2, 0) is 11.3 Å². The molecule has 0 aliphatic heterocycles. The van der Waals surface area contributed by atoms with Gasteiger partial charge in [0.15, 0.2) is 0 Å². The second kappa shape index (κ2) is 8.91. The quantitative estimate of drug-likeness (QED) is 0.661. The Kier molecular flexibility index (Phi) is 6.34. The number of benzene rings is 2. The van der Waals surface area contributed by atoms with Crippen molar-refractivity contribution in [3.8, 4) is 0 Å². The highest BCUT2D eigenvalue weighted by Crippen LogP contribution is 2.20. The summed E-state index contributed by atoms with van der Waals surface area (Å²) >= 11 is 12.2. The molecule has 8 heteroatoms. The van der Waals surface area contributed by atoms with Crippen molar-refractivity contribution in [2.24, 2.45) is 0 Å². The molecule has 2 amide bonds. The van der Waals surface area contributed by atoms with Gasteiger partial charge in [-0.15, -0.1) is 0 Å². The molecule has 0 atom stereocenters. The first-order valence-corrected chi connectivity index (χ1v) is 9.25. The molecule has 0 radical (unpaired) electrons. The van der Waals surface area contributed by atoms with Gasteiger partial charge < -0.3 is 10.2 Å². The van der Waals surface area contributed by atoms with Crippen LogP contribution >= 0.6 is 23.2 Å². The summed E-state index contributed by atoms with van der Waals surface area (Å²) in [6, 6.07) is 14.4. The molecule has 3 aromatic rings. The van der Waals surface area contributed by atoms with Gasteiger partial charge >= 0.3 is 0 Å². The number of likely N-dealkylation sites (N-methyl/N-ethyl adjacent to an activating group) is 1. The van der Waals surface area contributed by atoms with Gasteiger partial charge in [-0.2, -0.15) is 5.10 Å². The van der Waals surface area contributed by atoms with E-state index in [4.69, 9.17) is 23.2 Å². The monoisotopic (exact) mass is 416 g/mol. The first-order valence-electron chi connectivity index (χ1n) is 8.50. The van der Waals surface area contributed by atoms with Crippen molar-refractivity contribution in [2.45, 2.75) is 6.54 Å². The Labute approximate surface area is 172 Å². The van der Waals surface area contributed by atoms with E-state index in [0.29, 0.717) is 27.8 Å². The van der Waals surface area contributed by atoms with Crippen LogP contribution in [0, 0.1) is 0 Å². The third-order valence-electron chi connectivity index (χ3n) is 4.05. The molecular weight excluding hydrogens is 399 g/mol. The summed E-state index contributed by atoms with van der Waals surface area (Å²) in [5.41, 5.74) is 1.79. The van der Waals surface area contributed by atoms with Crippen molar-refractivity contribution < 1.29 is 9.59 Å². The highest BCUT2D eigenvalue weighted by Gasteiger charge is 2.17. The standard InChI is InChI=1S/C20H18Cl2N4O2/c1-25(13-19(27)24-18-9-5-4-8-17(18)22)20(28)15-10-23-26(12-15)11-14-6-2-3-7-16(14)21/h2-10,12H,11,13H2,1H3,(H,24,27). The van der Waals surface area contributed by atoms with Gasteiger partial charge in [0.05, 0.1) is 35.6 Å². The third kappa shape index (κ3) is 4.91. The lowest BCUT2D eigenvalue weighted by atomic mass is 10.2. The lowest BCUT2D eigenvalue weighted by molar-refractivity contribution is -0.116. The largest absolute Gasteiger partial charge is 0.332 e. The molecule has 0 spiro atoms. The summed E-state index contributed by atoms with van der Waals surface area (Å²) in [6.45, 7) is 0.337. The average molecular weight is 417 g/mol. The van der Waals surface area contributed by atoms with E-state index in [1.807, 2.05) is 18.2 Å². The zero-order chi connectivity index (χ0) is 20.1. The number of aromatic nitrogens is 2. The summed E-state index contributed by atoms with van der Waals surface area (Å²) in [4.78, 5) is 26.1. The van der Waals surface area contributed by atoms with Crippen LogP contribution in [0.5, 0.6) is 0 Å². The molecule has 0 saturated carbocycles. The number of para-hydroxylation sites is 1. The lowest BCUT2D eigenvalue weighted by Gasteiger charge is -2.16. The Morgan fingerprint density at radius 1 is 1.07 bits per heavy atom. The number of rotatable bonds is 6. The van der Waals surface area contributed by atoms with E-state index in [1.54, 1.807) is 48.3 Å². The number of hydrogen-bond donors (Lipinski definition) is 1. The molecule has 1 heterocycles. The lowest BCUT2D eigenvalue weighted by Crippen LogP contribution is -2.34. The number of anilines is 1. The van der Waals surface area contributed by atoms with Crippen molar-refractivity contribution in [1.82, 2.24) is 14.7 Å². The normalized spacial score (nSPS) is 10.5. The first kappa shape index (κ1) is 19.9. The van der Waals surface area contributed by atoms with Crippen LogP contribution in [0.3, 0.4) is 0 Å². The Morgan fingerprint density at radius 2 is 1.75 bits per heavy atom. The van der Waals surface area contributed by atoms with Gasteiger partial charge in [0.2, 0.25) is 5.91 Å². The molecule has 0 saturated heterocycles. The zero-order valence-corrected chi connectivity index (χ0v) is 16.6. The van der Waals surface area contributed by atoms with Gasteiger partial charge in [-0.3, -0.25) is 14.3 Å². The van der Waals surface area contributed by atoms with E-state index in [-0.39, 0.29) is 18.4 Å². The smallest absolute Gasteiger partial charge is 0.257 e. The Bertz CT molecular complexity index is 1000. The average Bonchev–Trinajstić information content (AvgIpc) is 3.13. The van der Waals surface area contributed by atoms with E-state index < -0.39 is 0 Å². The van der Waals surface area contributed by atoms with E-state index in [9.17, 15) is 9.59 Å². The zero-order valence-electron chi connectivity index (χ0n) is 15.1. The topological polar surface area (TPSA) is 67.2 Å². The van der Waals surface area contributed by atoms with Crippen LogP contribution in [0.4, 0.5) is 5.69 Å². The van der Waals surface area contributed by atoms with Gasteiger partial charge in [0.1, 0.15) is 0 Å². The first-order chi connectivity index (χ1) is 13.4. The fourth-order valence-corrected chi connectivity index (χ4v) is 3.00. The van der Waals surface area contributed by atoms with Gasteiger partial charge in [0.25, 0.3) is 5.91 Å². The maximum absolute atomic E-state index is 12.6. The van der Waals surface area contributed by atoms with Gasteiger partial charge in [-0.1, -0.05) is 53.5 Å². The van der Waals surface area contributed by atoms with Crippen LogP contribution in [0.2, 0.25) is 10.0 Å². The summed E-state index contributed by atoms with van der Waals surface area (Å²) in [6.07, 6.45) is 3.11. The predicted molar refractivity (Wildman–Crippen MR) is 110 cm³/mol. The summed E-state index contributed by atoms with van der Waals surface area (Å²) in [5.74, 6) is -0.646. The second-order valence-electron chi connectivity index (χ2n) is 6.21. The number of nitrogens with zero attached hydrogens (tertiary/aromatic N) is 3. The van der Waals surface area contributed by atoms with Crippen LogP contribution < -0.4 is 5.32 Å². The molecule has 1 N–H and O–H groups in total. The van der Waals surface area contributed by atoms with Gasteiger partial charge in [-0.25, -0.2) is 0 Å². The van der Waals surface area contributed by atoms with Crippen molar-refractivity contribution in [3.05, 3.63) is 82.1 Å². The Hall–Kier alpha value is -2.83. The molecule has 0 fully saturated rings. The molecule has 2 aromatic carbocycles. The summed E-state index contributed by atoms with van der Waals surface area (Å²) < 4.78 is 1.63. The SMILES string of the molecule is CN(CC(=O)Nc1ccccc1Cl)C(=O)c1cnn(Cc2ccccc2Cl)c1. The van der Waals surface area contributed by atoms with E-state index in [0.717, 1.165) is 5.56 Å². The molecule has 6 nitrogen and oxygen atoms in total. The summed E-state index contributed by atoms with van der Waals surface area (Å²) in [5, 5.41) is 7.97. The molecule has 1 aromatic heterocycles. The van der Waals surface area contributed by atoms with Crippen LogP contribution in [-0.4, -0.2) is 40.1 Å². The molecule has 0 aliphatic carbocycles. The minimum atomic E-state index is -0.340. The van der Waals surface area contributed by atoms with Gasteiger partial charge in [-0.05, 0) is 23.8 Å². The molecule has 0 unspecified atom stereocenters. The maximum Gasteiger partial charge on any atom is 0.257 e. The highest BCUT2D eigenvalue weighted by atomic mass is 35.5. The van der Waals surface area contributed by atoms with Gasteiger partial charge in [0, 0.05) is 18.3 Å². The molecule has 3 rings (SSSR count). The van der Waals surface area contributed by atoms with E-state index >= 15 is 0 Å². The fourth-order valence-electron chi connectivity index (χ4n) is 2.62. The fraction of sp³-hybridized carbons (Fsp3) is 0.150. The Morgan fingerprint density at radius 3 is 2.46 bits per heavy atom. The van der Waals surface area contributed by atoms with Crippen molar-refractivity contribution in [3.63, 3.8) is 0 Å². The molecule has 28 heavy (non-hydrogen) atoms. The van der Waals surface area contributed by atoms with Crippen LogP contribution in [0.15, 0.2) is 60.9 Å². The molecule has 0 bridgehead atoms. The minimum absolute atomic E-state index is 0.111. The number of carbonyl (C=O) groups excluding carboxylic acids is 2. The molecule has 0 aliphatic rings. The highest BCUT2D eigenvalue weighted by molar-refractivity contribution is 6.33. The summed E-state index contributed by atoms with van der Waals surface area (Å²) in [7, 11) is 1.56. The van der Waals surface area contributed by atoms with Crippen molar-refractivity contribution in [1.29, 1.82) is 0 Å². The molecule has 144 valence electrons. The predicted octanol–water partition coefficient (Wildman–Crippen LogP) is 3.95. The van der Waals surface area contributed by atoms with Crippen molar-refractivity contribution in [2.75, 3.05) is 18.9 Å². The van der Waals surface area contributed by atoms with Crippen molar-refractivity contribution >= 4 is 40.7 Å². The number of carbonyl (C=O) groups is 2. The minimum Gasteiger partial charge on any atom is -0.332 e. The second-order valence-corrected chi connectivity index (χ2v) is 7.02. The van der Waals surface area contributed by atoms with E-state index in [1.165, 1.54) is 11.1 Å². The van der Waals surface area contributed by atoms with E-state index in [2.05, 4.69) is 10.4 Å². The van der Waals surface area contributed by atoms with Crippen LogP contribution in [0.25, 0.3) is 0 Å². The number of amides is 2. The number of halogens is 2. The third-order valence-corrected chi connectivity index (χ3v) is 4.74. The van der Waals surface area contributed by atoms with Crippen LogP contribution in [0.1, 0.15) is 15.9 Å². The maximum atomic E-state index is 12.6. The Balaban J connectivity index is 1.60.